The van der Waals surface area contributed by atoms with E-state index in [2.05, 4.69) is 11.4 Å². The van der Waals surface area contributed by atoms with Crippen molar-refractivity contribution in [2.75, 3.05) is 13.1 Å². The second-order valence-corrected chi connectivity index (χ2v) is 7.17. The number of carbonyl (C=O) groups is 2. The van der Waals surface area contributed by atoms with Gasteiger partial charge in [-0.1, -0.05) is 47.5 Å². The zero-order valence-corrected chi connectivity index (χ0v) is 15.5. The molecule has 1 saturated heterocycles. The van der Waals surface area contributed by atoms with Gasteiger partial charge in [0, 0.05) is 25.2 Å². The minimum absolute atomic E-state index is 0.0253. The Morgan fingerprint density at radius 2 is 1.77 bits per heavy atom. The molecule has 0 spiro atoms. The van der Waals surface area contributed by atoms with Crippen molar-refractivity contribution in [2.24, 2.45) is 5.92 Å². The lowest BCUT2D eigenvalue weighted by molar-refractivity contribution is -0.126. The number of rotatable bonds is 4. The van der Waals surface area contributed by atoms with Crippen LogP contribution in [0, 0.1) is 19.8 Å². The van der Waals surface area contributed by atoms with Crippen LogP contribution in [-0.2, 0) is 11.3 Å². The summed E-state index contributed by atoms with van der Waals surface area (Å²) >= 11 is 0. The van der Waals surface area contributed by atoms with Crippen molar-refractivity contribution in [2.45, 2.75) is 33.2 Å². The molecule has 1 fully saturated rings. The van der Waals surface area contributed by atoms with Crippen LogP contribution in [0.2, 0.25) is 0 Å². The molecule has 1 heterocycles. The molecule has 1 aliphatic heterocycles. The maximum atomic E-state index is 12.8. The van der Waals surface area contributed by atoms with Crippen LogP contribution >= 0.6 is 0 Å². The number of hydrogen-bond acceptors (Lipinski definition) is 2. The molecule has 4 nitrogen and oxygen atoms in total. The Morgan fingerprint density at radius 1 is 1.08 bits per heavy atom. The first kappa shape index (κ1) is 18.2. The largest absolute Gasteiger partial charge is 0.352 e. The number of likely N-dealkylation sites (tertiary alicyclic amines) is 1. The molecule has 4 heteroatoms. The second-order valence-electron chi connectivity index (χ2n) is 7.17. The van der Waals surface area contributed by atoms with Gasteiger partial charge in [0.2, 0.25) is 5.91 Å². The summed E-state index contributed by atoms with van der Waals surface area (Å²) in [5, 5.41) is 3.01. The molecular weight excluding hydrogens is 324 g/mol. The molecule has 0 aliphatic carbocycles. The molecule has 2 aromatic carbocycles. The van der Waals surface area contributed by atoms with E-state index in [1.807, 2.05) is 61.2 Å². The Kier molecular flexibility index (Phi) is 5.71. The molecule has 26 heavy (non-hydrogen) atoms. The number of hydrogen-bond donors (Lipinski definition) is 1. The highest BCUT2D eigenvalue weighted by Crippen LogP contribution is 2.20. The average Bonchev–Trinajstić information content (AvgIpc) is 2.65. The van der Waals surface area contributed by atoms with Crippen LogP contribution < -0.4 is 5.32 Å². The first-order chi connectivity index (χ1) is 12.5. The summed E-state index contributed by atoms with van der Waals surface area (Å²) in [6, 6.07) is 15.8. The lowest BCUT2D eigenvalue weighted by Crippen LogP contribution is -2.45. The smallest absolute Gasteiger partial charge is 0.253 e. The highest BCUT2D eigenvalue weighted by atomic mass is 16.2. The molecule has 0 radical (unpaired) electrons. The van der Waals surface area contributed by atoms with E-state index in [1.165, 1.54) is 0 Å². The topological polar surface area (TPSA) is 49.4 Å². The van der Waals surface area contributed by atoms with Gasteiger partial charge in [0.15, 0.2) is 0 Å². The molecule has 0 bridgehead atoms. The molecule has 136 valence electrons. The summed E-state index contributed by atoms with van der Waals surface area (Å²) < 4.78 is 0. The first-order valence-electron chi connectivity index (χ1n) is 9.22. The second kappa shape index (κ2) is 8.17. The highest BCUT2D eigenvalue weighted by molar-refractivity contribution is 5.95. The van der Waals surface area contributed by atoms with Crippen LogP contribution in [0.25, 0.3) is 0 Å². The number of nitrogens with zero attached hydrogens (tertiary/aromatic N) is 1. The maximum absolute atomic E-state index is 12.8. The Labute approximate surface area is 155 Å². The normalized spacial score (nSPS) is 17.0. The van der Waals surface area contributed by atoms with Gasteiger partial charge in [-0.05, 0) is 44.4 Å². The maximum Gasteiger partial charge on any atom is 0.253 e. The molecule has 1 aliphatic rings. The molecule has 1 atom stereocenters. The van der Waals surface area contributed by atoms with E-state index < -0.39 is 0 Å². The van der Waals surface area contributed by atoms with E-state index in [4.69, 9.17) is 0 Å². The molecular formula is C22H26N2O2. The summed E-state index contributed by atoms with van der Waals surface area (Å²) in [6.07, 6.45) is 1.69. The van der Waals surface area contributed by atoms with Crippen LogP contribution in [0.5, 0.6) is 0 Å². The number of carbonyl (C=O) groups excluding carboxylic acids is 2. The van der Waals surface area contributed by atoms with E-state index in [0.29, 0.717) is 25.2 Å². The molecule has 0 aromatic heterocycles. The van der Waals surface area contributed by atoms with Crippen molar-refractivity contribution in [3.05, 3.63) is 70.8 Å². The van der Waals surface area contributed by atoms with Gasteiger partial charge in [-0.15, -0.1) is 0 Å². The van der Waals surface area contributed by atoms with Crippen LogP contribution in [0.15, 0.2) is 48.5 Å². The van der Waals surface area contributed by atoms with Gasteiger partial charge in [-0.25, -0.2) is 0 Å². The summed E-state index contributed by atoms with van der Waals surface area (Å²) in [6.45, 7) is 5.74. The highest BCUT2D eigenvalue weighted by Gasteiger charge is 2.28. The third-order valence-electron chi connectivity index (χ3n) is 4.86. The Bertz CT molecular complexity index is 766. The summed E-state index contributed by atoms with van der Waals surface area (Å²) in [7, 11) is 0. The van der Waals surface area contributed by atoms with Crippen LogP contribution in [0.4, 0.5) is 0 Å². The van der Waals surface area contributed by atoms with Gasteiger partial charge in [0.1, 0.15) is 0 Å². The van der Waals surface area contributed by atoms with Gasteiger partial charge in [-0.3, -0.25) is 9.59 Å². The molecule has 0 unspecified atom stereocenters. The van der Waals surface area contributed by atoms with Crippen LogP contribution in [-0.4, -0.2) is 29.8 Å². The van der Waals surface area contributed by atoms with Gasteiger partial charge < -0.3 is 10.2 Å². The van der Waals surface area contributed by atoms with E-state index in [0.717, 1.165) is 29.5 Å². The van der Waals surface area contributed by atoms with E-state index in [-0.39, 0.29) is 17.7 Å². The number of piperidine rings is 1. The summed E-state index contributed by atoms with van der Waals surface area (Å²) in [4.78, 5) is 27.2. The molecule has 3 rings (SSSR count). The fourth-order valence-corrected chi connectivity index (χ4v) is 3.59. The molecule has 2 amide bonds. The number of benzene rings is 2. The van der Waals surface area contributed by atoms with Crippen molar-refractivity contribution in [3.8, 4) is 0 Å². The van der Waals surface area contributed by atoms with Crippen molar-refractivity contribution in [1.82, 2.24) is 10.2 Å². The molecule has 1 N–H and O–H groups in total. The predicted molar refractivity (Wildman–Crippen MR) is 103 cm³/mol. The molecule has 0 saturated carbocycles. The van der Waals surface area contributed by atoms with Crippen LogP contribution in [0.1, 0.15) is 39.9 Å². The third kappa shape index (κ3) is 4.51. The predicted octanol–water partition coefficient (Wildman–Crippen LogP) is 3.47. The van der Waals surface area contributed by atoms with Crippen molar-refractivity contribution >= 4 is 11.8 Å². The lowest BCUT2D eigenvalue weighted by atomic mass is 9.96. The number of aryl methyl sites for hydroxylation is 2. The van der Waals surface area contributed by atoms with E-state index in [9.17, 15) is 9.59 Å². The first-order valence-corrected chi connectivity index (χ1v) is 9.22. The van der Waals surface area contributed by atoms with Crippen molar-refractivity contribution in [3.63, 3.8) is 0 Å². The lowest BCUT2D eigenvalue weighted by Gasteiger charge is -2.32. The fraction of sp³-hybridized carbons (Fsp3) is 0.364. The monoisotopic (exact) mass is 350 g/mol. The quantitative estimate of drug-likeness (QED) is 0.918. The van der Waals surface area contributed by atoms with Crippen molar-refractivity contribution in [1.29, 1.82) is 0 Å². The van der Waals surface area contributed by atoms with E-state index >= 15 is 0 Å². The van der Waals surface area contributed by atoms with Gasteiger partial charge in [-0.2, -0.15) is 0 Å². The third-order valence-corrected chi connectivity index (χ3v) is 4.86. The minimum atomic E-state index is -0.137. The van der Waals surface area contributed by atoms with Crippen molar-refractivity contribution < 1.29 is 9.59 Å². The van der Waals surface area contributed by atoms with Gasteiger partial charge in [0.25, 0.3) is 5.91 Å². The minimum Gasteiger partial charge on any atom is -0.352 e. The number of nitrogens with one attached hydrogen (secondary N) is 1. The standard InChI is InChI=1S/C22H26N2O2/c1-16-11-17(2)13-20(12-16)22(26)24-10-6-9-19(15-24)21(25)23-14-18-7-4-3-5-8-18/h3-5,7-8,11-13,19H,6,9-10,14-15H2,1-2H3,(H,23,25)/t19-/m1/s1. The van der Waals surface area contributed by atoms with E-state index in [1.54, 1.807) is 0 Å². The fourth-order valence-electron chi connectivity index (χ4n) is 3.59. The zero-order valence-electron chi connectivity index (χ0n) is 15.5. The Morgan fingerprint density at radius 3 is 2.46 bits per heavy atom. The van der Waals surface area contributed by atoms with Gasteiger partial charge >= 0.3 is 0 Å². The van der Waals surface area contributed by atoms with Crippen LogP contribution in [0.3, 0.4) is 0 Å². The Hall–Kier alpha value is -2.62. The summed E-state index contributed by atoms with van der Waals surface area (Å²) in [5.74, 6) is -0.0774. The number of amides is 2. The van der Waals surface area contributed by atoms with Gasteiger partial charge in [0.05, 0.1) is 5.92 Å². The Balaban J connectivity index is 1.61. The summed E-state index contributed by atoms with van der Waals surface area (Å²) in [5.41, 5.74) is 3.97. The molecule has 2 aromatic rings. The SMILES string of the molecule is Cc1cc(C)cc(C(=O)N2CCC[C@@H](C(=O)NCc3ccccc3)C2)c1. The average molecular weight is 350 g/mol. The zero-order chi connectivity index (χ0) is 18.5.